The lowest BCUT2D eigenvalue weighted by molar-refractivity contribution is -0.385. The molecule has 9 nitrogen and oxygen atoms in total. The van der Waals surface area contributed by atoms with Gasteiger partial charge in [0, 0.05) is 21.7 Å². The first-order valence-corrected chi connectivity index (χ1v) is 13.5. The molecule has 0 fully saturated rings. The van der Waals surface area contributed by atoms with Gasteiger partial charge in [-0.25, -0.2) is 14.2 Å². The number of aromatic nitrogens is 1. The molecular formula is C28H19BrFN3O6S. The Balaban J connectivity index is 1.84. The van der Waals surface area contributed by atoms with E-state index < -0.39 is 39.7 Å². The number of hydrogen-bond donors (Lipinski definition) is 1. The number of phenolic OH excluding ortho intramolecular Hbond substituents is 1. The molecule has 0 amide bonds. The molecule has 1 aliphatic heterocycles. The molecule has 0 bridgehead atoms. The van der Waals surface area contributed by atoms with Crippen LogP contribution in [-0.2, 0) is 9.53 Å². The van der Waals surface area contributed by atoms with Gasteiger partial charge in [0.15, 0.2) is 4.80 Å². The number of carbonyl (C=O) groups is 1. The van der Waals surface area contributed by atoms with Crippen molar-refractivity contribution >= 4 is 50.7 Å². The van der Waals surface area contributed by atoms with Gasteiger partial charge in [-0.15, -0.1) is 0 Å². The summed E-state index contributed by atoms with van der Waals surface area (Å²) < 4.78 is 21.0. The van der Waals surface area contributed by atoms with Crippen molar-refractivity contribution in [2.24, 2.45) is 4.99 Å². The fourth-order valence-electron chi connectivity index (χ4n) is 4.40. The van der Waals surface area contributed by atoms with Gasteiger partial charge in [0.1, 0.15) is 5.82 Å². The molecule has 0 radical (unpaired) electrons. The van der Waals surface area contributed by atoms with Crippen LogP contribution < -0.4 is 14.9 Å². The number of nitrogens with zero attached hydrogens (tertiary/aromatic N) is 3. The third-order valence-electron chi connectivity index (χ3n) is 6.13. The first kappa shape index (κ1) is 27.2. The maximum atomic E-state index is 13.9. The number of ether oxygens (including phenoxy) is 1. The normalized spacial score (nSPS) is 15.0. The van der Waals surface area contributed by atoms with Gasteiger partial charge in [-0.05, 0) is 36.8 Å². The highest BCUT2D eigenvalue weighted by Gasteiger charge is 2.35. The predicted molar refractivity (Wildman–Crippen MR) is 150 cm³/mol. The number of aromatic hydroxyl groups is 1. The molecule has 0 saturated carbocycles. The molecule has 40 heavy (non-hydrogen) atoms. The maximum Gasteiger partial charge on any atom is 0.338 e. The van der Waals surface area contributed by atoms with Gasteiger partial charge in [-0.2, -0.15) is 0 Å². The quantitative estimate of drug-likeness (QED) is 0.192. The summed E-state index contributed by atoms with van der Waals surface area (Å²) in [5, 5.41) is 21.9. The van der Waals surface area contributed by atoms with E-state index in [4.69, 9.17) is 4.74 Å². The summed E-state index contributed by atoms with van der Waals surface area (Å²) >= 11 is 4.18. The van der Waals surface area contributed by atoms with E-state index in [1.54, 1.807) is 31.2 Å². The second-order valence-corrected chi connectivity index (χ2v) is 10.5. The third kappa shape index (κ3) is 4.98. The van der Waals surface area contributed by atoms with Crippen molar-refractivity contribution in [3.63, 3.8) is 0 Å². The Hall–Kier alpha value is -4.42. The Labute approximate surface area is 238 Å². The molecule has 1 aromatic heterocycles. The van der Waals surface area contributed by atoms with Crippen LogP contribution in [0.25, 0.3) is 11.8 Å². The van der Waals surface area contributed by atoms with Gasteiger partial charge in [-0.1, -0.05) is 69.7 Å². The largest absolute Gasteiger partial charge is 0.502 e. The molecule has 0 spiro atoms. The second kappa shape index (κ2) is 11.0. The average Bonchev–Trinajstić information content (AvgIpc) is 3.25. The van der Waals surface area contributed by atoms with Gasteiger partial charge in [0.25, 0.3) is 5.56 Å². The second-order valence-electron chi connectivity index (χ2n) is 8.60. The maximum absolute atomic E-state index is 13.9. The van der Waals surface area contributed by atoms with Crippen LogP contribution in [0.1, 0.15) is 29.7 Å². The number of phenols is 1. The van der Waals surface area contributed by atoms with Crippen molar-refractivity contribution in [1.82, 2.24) is 4.57 Å². The summed E-state index contributed by atoms with van der Waals surface area (Å²) in [6.45, 7) is 1.73. The molecule has 1 N–H and O–H groups in total. The number of nitro benzene ring substituents is 1. The molecule has 12 heteroatoms. The lowest BCUT2D eigenvalue weighted by Crippen LogP contribution is -2.40. The lowest BCUT2D eigenvalue weighted by Gasteiger charge is -2.25. The van der Waals surface area contributed by atoms with Crippen molar-refractivity contribution in [1.29, 1.82) is 0 Å². The molecule has 0 aliphatic carbocycles. The number of benzene rings is 3. The standard InChI is InChI=1S/C28H19BrFN3O6S/c1-2-39-27(36)22-23(15-6-4-3-5-7-15)31-28-32(24(22)16-8-10-19(30)11-9-16)26(35)21(40-28)13-17-12-18(29)14-20(25(17)34)33(37)38/h3-14,24,34H,2H2,1H3/b21-13-/t24-/m0/s1. The SMILES string of the molecule is CCOC(=O)C1=C(c2ccccc2)N=c2s/c(=C\c3cc(Br)cc([N+](=O)[O-])c3O)c(=O)n2[C@H]1c1ccc(F)cc1. The summed E-state index contributed by atoms with van der Waals surface area (Å²) in [4.78, 5) is 42.9. The van der Waals surface area contributed by atoms with E-state index in [2.05, 4.69) is 20.9 Å². The fourth-order valence-corrected chi connectivity index (χ4v) is 5.85. The monoisotopic (exact) mass is 623 g/mol. The van der Waals surface area contributed by atoms with Crippen molar-refractivity contribution in [2.45, 2.75) is 13.0 Å². The van der Waals surface area contributed by atoms with E-state index in [0.29, 0.717) is 21.3 Å². The summed E-state index contributed by atoms with van der Waals surface area (Å²) in [5.74, 6) is -1.78. The molecule has 1 atom stereocenters. The smallest absolute Gasteiger partial charge is 0.338 e. The molecule has 3 aromatic carbocycles. The van der Waals surface area contributed by atoms with Crippen LogP contribution in [0.3, 0.4) is 0 Å². The molecule has 0 saturated heterocycles. The number of esters is 1. The Kier molecular flexibility index (Phi) is 7.46. The number of thiazole rings is 1. The first-order valence-electron chi connectivity index (χ1n) is 11.9. The molecule has 0 unspecified atom stereocenters. The number of fused-ring (bicyclic) bond motifs is 1. The van der Waals surface area contributed by atoms with Crippen LogP contribution in [0.15, 0.2) is 86.6 Å². The summed E-state index contributed by atoms with van der Waals surface area (Å²) in [7, 11) is 0. The molecule has 1 aliphatic rings. The zero-order valence-corrected chi connectivity index (χ0v) is 23.1. The summed E-state index contributed by atoms with van der Waals surface area (Å²) in [5.41, 5.74) is 0.388. The number of nitro groups is 1. The van der Waals surface area contributed by atoms with Gasteiger partial charge < -0.3 is 9.84 Å². The van der Waals surface area contributed by atoms with Crippen molar-refractivity contribution in [3.05, 3.63) is 129 Å². The van der Waals surface area contributed by atoms with E-state index in [1.807, 2.05) is 6.07 Å². The highest BCUT2D eigenvalue weighted by Crippen LogP contribution is 2.36. The highest BCUT2D eigenvalue weighted by atomic mass is 79.9. The topological polar surface area (TPSA) is 124 Å². The van der Waals surface area contributed by atoms with Gasteiger partial charge >= 0.3 is 11.7 Å². The Bertz CT molecular complexity index is 1870. The van der Waals surface area contributed by atoms with E-state index >= 15 is 0 Å². The van der Waals surface area contributed by atoms with Gasteiger partial charge in [0.05, 0.1) is 33.4 Å². The van der Waals surface area contributed by atoms with Crippen molar-refractivity contribution in [3.8, 4) is 5.75 Å². The summed E-state index contributed by atoms with van der Waals surface area (Å²) in [6.07, 6.45) is 1.33. The molecule has 5 rings (SSSR count). The molecule has 4 aromatic rings. The third-order valence-corrected chi connectivity index (χ3v) is 7.57. The van der Waals surface area contributed by atoms with Crippen LogP contribution >= 0.6 is 27.3 Å². The van der Waals surface area contributed by atoms with E-state index in [-0.39, 0.29) is 27.1 Å². The van der Waals surface area contributed by atoms with Crippen molar-refractivity contribution < 1.29 is 24.0 Å². The van der Waals surface area contributed by atoms with Crippen LogP contribution in [0.5, 0.6) is 5.75 Å². The molecule has 2 heterocycles. The van der Waals surface area contributed by atoms with Gasteiger partial charge in [-0.3, -0.25) is 19.5 Å². The minimum absolute atomic E-state index is 0.0394. The zero-order valence-electron chi connectivity index (χ0n) is 20.7. The van der Waals surface area contributed by atoms with Crippen LogP contribution in [0, 0.1) is 15.9 Å². The minimum atomic E-state index is -1.02. The van der Waals surface area contributed by atoms with Crippen LogP contribution in [0.4, 0.5) is 10.1 Å². The molecular weight excluding hydrogens is 605 g/mol. The Morgan fingerprint density at radius 3 is 2.58 bits per heavy atom. The zero-order chi connectivity index (χ0) is 28.6. The average molecular weight is 624 g/mol. The predicted octanol–water partition coefficient (Wildman–Crippen LogP) is 4.45. The lowest BCUT2D eigenvalue weighted by atomic mass is 9.93. The number of hydrogen-bond acceptors (Lipinski definition) is 8. The minimum Gasteiger partial charge on any atom is -0.502 e. The van der Waals surface area contributed by atoms with Crippen LogP contribution in [0.2, 0.25) is 0 Å². The molecule has 202 valence electrons. The van der Waals surface area contributed by atoms with Gasteiger partial charge in [0.2, 0.25) is 5.75 Å². The van der Waals surface area contributed by atoms with Crippen LogP contribution in [-0.4, -0.2) is 27.2 Å². The summed E-state index contributed by atoms with van der Waals surface area (Å²) in [6, 6.07) is 15.9. The number of carbonyl (C=O) groups excluding carboxylic acids is 1. The number of rotatable bonds is 6. The van der Waals surface area contributed by atoms with E-state index in [9.17, 15) is 29.2 Å². The van der Waals surface area contributed by atoms with E-state index in [1.165, 1.54) is 41.0 Å². The highest BCUT2D eigenvalue weighted by molar-refractivity contribution is 9.10. The van der Waals surface area contributed by atoms with E-state index in [0.717, 1.165) is 17.4 Å². The first-order chi connectivity index (χ1) is 19.2. The Morgan fingerprint density at radius 2 is 1.93 bits per heavy atom. The Morgan fingerprint density at radius 1 is 1.23 bits per heavy atom. The fraction of sp³-hybridized carbons (Fsp3) is 0.107. The van der Waals surface area contributed by atoms with Crippen molar-refractivity contribution in [2.75, 3.05) is 6.61 Å². The number of halogens is 2.